The Bertz CT molecular complexity index is 1130. The van der Waals surface area contributed by atoms with Crippen LogP contribution in [0, 0.1) is 5.92 Å². The molecule has 3 aliphatic rings. The maximum atomic E-state index is 13.5. The van der Waals surface area contributed by atoms with E-state index in [-0.39, 0.29) is 29.1 Å². The molecule has 3 heterocycles. The highest BCUT2D eigenvalue weighted by molar-refractivity contribution is 5.35. The van der Waals surface area contributed by atoms with E-state index in [1.54, 1.807) is 0 Å². The number of aliphatic hydroxyl groups excluding tert-OH is 1. The van der Waals surface area contributed by atoms with E-state index in [4.69, 9.17) is 14.2 Å². The molecule has 3 saturated heterocycles. The molecule has 0 radical (unpaired) electrons. The molecule has 41 heavy (non-hydrogen) atoms. The highest BCUT2D eigenvalue weighted by Gasteiger charge is 2.44. The van der Waals surface area contributed by atoms with Crippen LogP contribution in [0.15, 0.2) is 48.5 Å². The van der Waals surface area contributed by atoms with Crippen LogP contribution in [0.1, 0.15) is 66.9 Å². The lowest BCUT2D eigenvalue weighted by Crippen LogP contribution is -2.48. The Kier molecular flexibility index (Phi) is 8.74. The number of halogens is 6. The van der Waals surface area contributed by atoms with Crippen molar-refractivity contribution in [1.82, 2.24) is 4.90 Å². The molecule has 0 aliphatic carbocycles. The number of hydrogen-bond acceptors (Lipinski definition) is 5. The quantitative estimate of drug-likeness (QED) is 0.388. The summed E-state index contributed by atoms with van der Waals surface area (Å²) in [4.78, 5) is 2.36. The van der Waals surface area contributed by atoms with Gasteiger partial charge in [-0.1, -0.05) is 30.3 Å². The van der Waals surface area contributed by atoms with Crippen molar-refractivity contribution in [3.8, 4) is 0 Å². The fourth-order valence-electron chi connectivity index (χ4n) is 6.41. The van der Waals surface area contributed by atoms with Gasteiger partial charge in [-0.05, 0) is 61.4 Å². The number of rotatable bonds is 6. The van der Waals surface area contributed by atoms with E-state index in [0.717, 1.165) is 44.5 Å². The first-order chi connectivity index (χ1) is 19.3. The molecule has 0 bridgehead atoms. The second-order valence-corrected chi connectivity index (χ2v) is 11.5. The van der Waals surface area contributed by atoms with Crippen molar-refractivity contribution in [3.05, 3.63) is 70.8 Å². The second kappa shape index (κ2) is 11.8. The van der Waals surface area contributed by atoms with E-state index in [1.807, 2.05) is 30.3 Å². The Labute approximate surface area is 235 Å². The Morgan fingerprint density at radius 1 is 1.00 bits per heavy atom. The van der Waals surface area contributed by atoms with Gasteiger partial charge in [0.2, 0.25) is 0 Å². The fourth-order valence-corrected chi connectivity index (χ4v) is 6.41. The minimum absolute atomic E-state index is 0.0831. The van der Waals surface area contributed by atoms with Crippen molar-refractivity contribution in [3.63, 3.8) is 0 Å². The summed E-state index contributed by atoms with van der Waals surface area (Å²) in [5.41, 5.74) is -2.30. The maximum Gasteiger partial charge on any atom is 0.416 e. The third kappa shape index (κ3) is 7.07. The molecule has 1 N–H and O–H groups in total. The van der Waals surface area contributed by atoms with Crippen molar-refractivity contribution >= 4 is 0 Å². The molecular weight excluding hydrogens is 552 g/mol. The normalized spacial score (nSPS) is 28.2. The van der Waals surface area contributed by atoms with Gasteiger partial charge in [0.15, 0.2) is 6.29 Å². The third-order valence-electron chi connectivity index (χ3n) is 8.62. The monoisotopic (exact) mass is 587 g/mol. The van der Waals surface area contributed by atoms with Crippen LogP contribution in [0.5, 0.6) is 0 Å². The lowest BCUT2D eigenvalue weighted by molar-refractivity contribution is -0.211. The summed E-state index contributed by atoms with van der Waals surface area (Å²) < 4.78 is 98.9. The van der Waals surface area contributed by atoms with Crippen LogP contribution in [0.2, 0.25) is 0 Å². The molecule has 0 saturated carbocycles. The minimum atomic E-state index is -4.94. The Morgan fingerprint density at radius 2 is 1.63 bits per heavy atom. The average molecular weight is 588 g/mol. The van der Waals surface area contributed by atoms with E-state index in [2.05, 4.69) is 4.90 Å². The summed E-state index contributed by atoms with van der Waals surface area (Å²) in [5, 5.41) is 9.95. The Morgan fingerprint density at radius 3 is 2.20 bits per heavy atom. The summed E-state index contributed by atoms with van der Waals surface area (Å²) >= 11 is 0. The predicted octanol–water partition coefficient (Wildman–Crippen LogP) is 6.56. The van der Waals surface area contributed by atoms with E-state index >= 15 is 0 Å². The van der Waals surface area contributed by atoms with Gasteiger partial charge in [0, 0.05) is 32.0 Å². The van der Waals surface area contributed by atoms with Crippen LogP contribution in [0.25, 0.3) is 0 Å². The highest BCUT2D eigenvalue weighted by atomic mass is 19.4. The second-order valence-electron chi connectivity index (χ2n) is 11.5. The number of ether oxygens (including phenoxy) is 3. The van der Waals surface area contributed by atoms with Crippen molar-refractivity contribution in [2.24, 2.45) is 5.92 Å². The fraction of sp³-hybridized carbons (Fsp3) is 0.600. The van der Waals surface area contributed by atoms with E-state index in [1.165, 1.54) is 6.92 Å². The maximum absolute atomic E-state index is 13.5. The first-order valence-corrected chi connectivity index (χ1v) is 14.0. The zero-order chi connectivity index (χ0) is 29.4. The summed E-state index contributed by atoms with van der Waals surface area (Å²) in [7, 11) is 0. The zero-order valence-electron chi connectivity index (χ0n) is 22.8. The van der Waals surface area contributed by atoms with Gasteiger partial charge >= 0.3 is 12.4 Å². The molecule has 2 aromatic rings. The summed E-state index contributed by atoms with van der Waals surface area (Å²) in [6.45, 7) is 4.51. The Hall–Kier alpha value is -2.18. The first kappa shape index (κ1) is 30.3. The topological polar surface area (TPSA) is 51.2 Å². The number of nitrogens with zero attached hydrogens (tertiary/aromatic N) is 1. The molecule has 5 nitrogen and oxygen atoms in total. The van der Waals surface area contributed by atoms with Crippen LogP contribution in [-0.2, 0) is 26.6 Å². The molecule has 1 spiro atoms. The predicted molar refractivity (Wildman–Crippen MR) is 138 cm³/mol. The number of likely N-dealkylation sites (tertiary alicyclic amines) is 1. The van der Waals surface area contributed by atoms with Crippen molar-refractivity contribution < 1.29 is 45.7 Å². The van der Waals surface area contributed by atoms with Crippen molar-refractivity contribution in [2.45, 2.75) is 75.0 Å². The number of benzene rings is 2. The Balaban J connectivity index is 1.35. The van der Waals surface area contributed by atoms with Crippen LogP contribution < -0.4 is 0 Å². The average Bonchev–Trinajstić information content (AvgIpc) is 3.29. The number of alkyl halides is 6. The largest absolute Gasteiger partial charge is 0.416 e. The van der Waals surface area contributed by atoms with Gasteiger partial charge in [0.25, 0.3) is 0 Å². The molecule has 0 amide bonds. The summed E-state index contributed by atoms with van der Waals surface area (Å²) in [6.07, 6.45) is -9.25. The molecule has 226 valence electrons. The van der Waals surface area contributed by atoms with E-state index in [9.17, 15) is 31.4 Å². The van der Waals surface area contributed by atoms with Gasteiger partial charge in [-0.15, -0.1) is 0 Å². The number of hydrogen-bond donors (Lipinski definition) is 1. The van der Waals surface area contributed by atoms with Gasteiger partial charge in [-0.25, -0.2) is 0 Å². The number of piperidine rings is 1. The molecule has 3 aliphatic heterocycles. The molecule has 3 fully saturated rings. The van der Waals surface area contributed by atoms with Crippen LogP contribution in [-0.4, -0.2) is 60.8 Å². The van der Waals surface area contributed by atoms with Crippen molar-refractivity contribution in [2.75, 3.05) is 32.8 Å². The highest BCUT2D eigenvalue weighted by Crippen LogP contribution is 2.43. The standard InChI is InChI=1S/C30H35F6NO4/c1-19(22-13-23(29(31,32)33)15-24(14-22)30(34,35)36)41-27-26(20-5-3-2-4-6-20)21(7-12-39-27)17-37-10-8-28(9-11-37)16-25(38)18-40-28/h2-6,13-15,19,21,25-27,38H,7-12,16-18H2,1H3/t19-,21+,25?,26+,27-/m1/s1. The first-order valence-electron chi connectivity index (χ1n) is 14.0. The van der Waals surface area contributed by atoms with Crippen LogP contribution in [0.3, 0.4) is 0 Å². The van der Waals surface area contributed by atoms with Gasteiger partial charge < -0.3 is 24.2 Å². The lowest BCUT2D eigenvalue weighted by atomic mass is 9.80. The minimum Gasteiger partial charge on any atom is -0.391 e. The van der Waals surface area contributed by atoms with Crippen LogP contribution >= 0.6 is 0 Å². The zero-order valence-corrected chi connectivity index (χ0v) is 22.8. The SMILES string of the molecule is C[C@@H](O[C@H]1OCC[C@@H](CN2CCC3(CC2)CC(O)CO3)[C@@H]1c1ccccc1)c1cc(C(F)(F)F)cc(C(F)(F)F)c1. The third-order valence-corrected chi connectivity index (χ3v) is 8.62. The molecule has 5 atom stereocenters. The van der Waals surface area contributed by atoms with Crippen LogP contribution in [0.4, 0.5) is 26.3 Å². The molecule has 1 unspecified atom stereocenters. The molecule has 0 aromatic heterocycles. The van der Waals surface area contributed by atoms with Gasteiger partial charge in [-0.2, -0.15) is 26.3 Å². The molecule has 2 aromatic carbocycles. The number of aliphatic hydroxyl groups is 1. The molecular formula is C30H35F6NO4. The smallest absolute Gasteiger partial charge is 0.391 e. The lowest BCUT2D eigenvalue weighted by Gasteiger charge is -2.44. The summed E-state index contributed by atoms with van der Waals surface area (Å²) in [6, 6.07) is 11.1. The van der Waals surface area contributed by atoms with Crippen molar-refractivity contribution in [1.29, 1.82) is 0 Å². The van der Waals surface area contributed by atoms with E-state index in [0.29, 0.717) is 31.8 Å². The van der Waals surface area contributed by atoms with Gasteiger partial charge in [-0.3, -0.25) is 0 Å². The summed E-state index contributed by atoms with van der Waals surface area (Å²) in [5.74, 6) is -0.194. The van der Waals surface area contributed by atoms with Gasteiger partial charge in [0.1, 0.15) is 0 Å². The molecule has 11 heteroatoms. The molecule has 5 rings (SSSR count). The van der Waals surface area contributed by atoms with E-state index < -0.39 is 42.0 Å². The van der Waals surface area contributed by atoms with Gasteiger partial charge in [0.05, 0.1) is 42.1 Å².